The SMILES string of the molecule is C[n+]1cn(-c2ccccc2)c2cc3c(cc21)oc1cc(C#N)ccc13. The zero-order chi connectivity index (χ0) is 17.0. The number of furan rings is 1. The molecule has 118 valence electrons. The van der Waals surface area contributed by atoms with Crippen LogP contribution in [0.2, 0.25) is 0 Å². The van der Waals surface area contributed by atoms with Gasteiger partial charge in [-0.15, -0.1) is 0 Å². The fourth-order valence-corrected chi connectivity index (χ4v) is 3.44. The summed E-state index contributed by atoms with van der Waals surface area (Å²) in [4.78, 5) is 0. The van der Waals surface area contributed by atoms with Crippen LogP contribution in [0, 0.1) is 11.3 Å². The Morgan fingerprint density at radius 3 is 2.56 bits per heavy atom. The quantitative estimate of drug-likeness (QED) is 0.433. The number of fused-ring (bicyclic) bond motifs is 4. The molecule has 4 heteroatoms. The van der Waals surface area contributed by atoms with Crippen molar-refractivity contribution in [3.63, 3.8) is 0 Å². The van der Waals surface area contributed by atoms with Crippen LogP contribution in [-0.2, 0) is 7.05 Å². The second-order valence-electron chi connectivity index (χ2n) is 6.19. The Bertz CT molecular complexity index is 1300. The van der Waals surface area contributed by atoms with Gasteiger partial charge in [-0.05, 0) is 30.3 Å². The van der Waals surface area contributed by atoms with Crippen molar-refractivity contribution in [1.29, 1.82) is 5.26 Å². The van der Waals surface area contributed by atoms with E-state index in [4.69, 9.17) is 9.68 Å². The molecule has 0 fully saturated rings. The molecule has 0 saturated carbocycles. The number of imidazole rings is 1. The molecule has 0 atom stereocenters. The predicted octanol–water partition coefficient (Wildman–Crippen LogP) is 4.23. The van der Waals surface area contributed by atoms with E-state index in [2.05, 4.69) is 45.8 Å². The van der Waals surface area contributed by atoms with E-state index in [1.807, 2.05) is 37.4 Å². The highest BCUT2D eigenvalue weighted by molar-refractivity contribution is 6.09. The molecule has 0 radical (unpaired) electrons. The summed E-state index contributed by atoms with van der Waals surface area (Å²) >= 11 is 0. The molecule has 0 aliphatic rings. The minimum absolute atomic E-state index is 0.607. The second-order valence-corrected chi connectivity index (χ2v) is 6.19. The highest BCUT2D eigenvalue weighted by atomic mass is 16.3. The normalized spacial score (nSPS) is 11.4. The summed E-state index contributed by atoms with van der Waals surface area (Å²) in [6.07, 6.45) is 2.08. The van der Waals surface area contributed by atoms with Crippen molar-refractivity contribution in [3.05, 3.63) is 72.6 Å². The molecule has 0 spiro atoms. The van der Waals surface area contributed by atoms with Crippen LogP contribution < -0.4 is 4.57 Å². The zero-order valence-corrected chi connectivity index (χ0v) is 13.6. The maximum absolute atomic E-state index is 9.09. The fraction of sp³-hybridized carbons (Fsp3) is 0.0476. The molecule has 0 aliphatic heterocycles. The zero-order valence-electron chi connectivity index (χ0n) is 13.6. The highest BCUT2D eigenvalue weighted by Crippen LogP contribution is 2.32. The van der Waals surface area contributed by atoms with Gasteiger partial charge in [0.25, 0.3) is 0 Å². The number of aryl methyl sites for hydroxylation is 1. The van der Waals surface area contributed by atoms with Crippen molar-refractivity contribution in [2.75, 3.05) is 0 Å². The van der Waals surface area contributed by atoms with E-state index in [0.717, 1.165) is 38.7 Å². The van der Waals surface area contributed by atoms with Gasteiger partial charge < -0.3 is 4.42 Å². The van der Waals surface area contributed by atoms with E-state index >= 15 is 0 Å². The van der Waals surface area contributed by atoms with Crippen molar-refractivity contribution in [3.8, 4) is 11.8 Å². The molecule has 0 aliphatic carbocycles. The van der Waals surface area contributed by atoms with Gasteiger partial charge in [-0.25, -0.2) is 4.57 Å². The molecule has 5 rings (SSSR count). The number of rotatable bonds is 1. The number of benzene rings is 3. The highest BCUT2D eigenvalue weighted by Gasteiger charge is 2.19. The average molecular weight is 324 g/mol. The molecule has 4 nitrogen and oxygen atoms in total. The summed E-state index contributed by atoms with van der Waals surface area (Å²) in [7, 11) is 2.03. The van der Waals surface area contributed by atoms with Crippen molar-refractivity contribution in [2.24, 2.45) is 7.05 Å². The van der Waals surface area contributed by atoms with Gasteiger partial charge in [-0.1, -0.05) is 18.2 Å². The van der Waals surface area contributed by atoms with Gasteiger partial charge in [0, 0.05) is 22.9 Å². The van der Waals surface area contributed by atoms with Gasteiger partial charge in [0.2, 0.25) is 6.33 Å². The van der Waals surface area contributed by atoms with Gasteiger partial charge in [-0.2, -0.15) is 9.83 Å². The molecule has 3 aromatic carbocycles. The molecular formula is C21H14N3O+. The lowest BCUT2D eigenvalue weighted by atomic mass is 10.1. The lowest BCUT2D eigenvalue weighted by molar-refractivity contribution is -0.645. The van der Waals surface area contributed by atoms with E-state index < -0.39 is 0 Å². The summed E-state index contributed by atoms with van der Waals surface area (Å²) in [5, 5.41) is 11.2. The fourth-order valence-electron chi connectivity index (χ4n) is 3.44. The van der Waals surface area contributed by atoms with Crippen LogP contribution >= 0.6 is 0 Å². The number of nitriles is 1. The van der Waals surface area contributed by atoms with Crippen LogP contribution in [-0.4, -0.2) is 4.57 Å². The summed E-state index contributed by atoms with van der Waals surface area (Å²) in [5.41, 5.74) is 5.52. The minimum atomic E-state index is 0.607. The van der Waals surface area contributed by atoms with Gasteiger partial charge in [0.15, 0.2) is 11.0 Å². The van der Waals surface area contributed by atoms with Gasteiger partial charge in [0.05, 0.1) is 18.7 Å². The van der Waals surface area contributed by atoms with E-state index in [0.29, 0.717) is 5.56 Å². The molecule has 0 saturated heterocycles. The van der Waals surface area contributed by atoms with Crippen LogP contribution in [0.5, 0.6) is 0 Å². The van der Waals surface area contributed by atoms with Gasteiger partial charge in [0.1, 0.15) is 16.9 Å². The van der Waals surface area contributed by atoms with Crippen LogP contribution in [0.25, 0.3) is 38.7 Å². The Kier molecular flexibility index (Phi) is 2.74. The lowest BCUT2D eigenvalue weighted by Crippen LogP contribution is -2.25. The number of aromatic nitrogens is 2. The van der Waals surface area contributed by atoms with Crippen LogP contribution in [0.4, 0.5) is 0 Å². The lowest BCUT2D eigenvalue weighted by Gasteiger charge is -1.96. The smallest absolute Gasteiger partial charge is 0.249 e. The molecule has 0 amide bonds. The third kappa shape index (κ3) is 1.96. The molecular weight excluding hydrogens is 310 g/mol. The van der Waals surface area contributed by atoms with Crippen molar-refractivity contribution >= 4 is 33.0 Å². The molecule has 2 heterocycles. The van der Waals surface area contributed by atoms with Gasteiger partial charge in [-0.3, -0.25) is 0 Å². The number of nitrogens with zero attached hydrogens (tertiary/aromatic N) is 3. The Balaban J connectivity index is 1.88. The van der Waals surface area contributed by atoms with Crippen LogP contribution in [0.15, 0.2) is 71.4 Å². The Labute approximate surface area is 143 Å². The van der Waals surface area contributed by atoms with Crippen LogP contribution in [0.3, 0.4) is 0 Å². The van der Waals surface area contributed by atoms with E-state index in [1.165, 1.54) is 0 Å². The summed E-state index contributed by atoms with van der Waals surface area (Å²) < 4.78 is 10.3. The molecule has 0 N–H and O–H groups in total. The van der Waals surface area contributed by atoms with E-state index in [-0.39, 0.29) is 0 Å². The molecule has 25 heavy (non-hydrogen) atoms. The first kappa shape index (κ1) is 13.8. The average Bonchev–Trinajstić information content (AvgIpc) is 3.17. The maximum atomic E-state index is 9.09. The summed E-state index contributed by atoms with van der Waals surface area (Å²) in [5.74, 6) is 0. The Morgan fingerprint density at radius 1 is 0.960 bits per heavy atom. The van der Waals surface area contributed by atoms with Crippen molar-refractivity contribution in [2.45, 2.75) is 0 Å². The van der Waals surface area contributed by atoms with E-state index in [9.17, 15) is 0 Å². The minimum Gasteiger partial charge on any atom is -0.456 e. The molecule has 2 aromatic heterocycles. The summed E-state index contributed by atoms with van der Waals surface area (Å²) in [6.45, 7) is 0. The number of para-hydroxylation sites is 1. The Morgan fingerprint density at radius 2 is 1.76 bits per heavy atom. The molecule has 0 unspecified atom stereocenters. The third-order valence-electron chi connectivity index (χ3n) is 4.66. The predicted molar refractivity (Wildman–Crippen MR) is 96.4 cm³/mol. The maximum Gasteiger partial charge on any atom is 0.249 e. The first-order valence-electron chi connectivity index (χ1n) is 8.07. The van der Waals surface area contributed by atoms with Gasteiger partial charge >= 0.3 is 0 Å². The standard InChI is InChI=1S/C21H14N3O/c1-23-13-24(15-5-3-2-4-6-15)19-10-17-16-8-7-14(12-22)9-20(16)25-21(17)11-18(19)23/h2-11,13H,1H3/q+1. The first-order chi connectivity index (χ1) is 12.2. The topological polar surface area (TPSA) is 45.7 Å². The van der Waals surface area contributed by atoms with Crippen molar-refractivity contribution < 1.29 is 8.98 Å². The Hall–Kier alpha value is -3.58. The first-order valence-corrected chi connectivity index (χ1v) is 8.07. The van der Waals surface area contributed by atoms with Crippen molar-refractivity contribution in [1.82, 2.24) is 4.57 Å². The van der Waals surface area contributed by atoms with Crippen LogP contribution in [0.1, 0.15) is 5.56 Å². The molecule has 5 aromatic rings. The van der Waals surface area contributed by atoms with E-state index in [1.54, 1.807) is 6.07 Å². The molecule has 0 bridgehead atoms. The monoisotopic (exact) mass is 324 g/mol. The second kappa shape index (κ2) is 4.96. The largest absolute Gasteiger partial charge is 0.456 e. The third-order valence-corrected chi connectivity index (χ3v) is 4.66. The summed E-state index contributed by atoms with van der Waals surface area (Å²) in [6, 6.07) is 22.3. The number of hydrogen-bond acceptors (Lipinski definition) is 2. The number of hydrogen-bond donors (Lipinski definition) is 0.